The third kappa shape index (κ3) is 4.07. The molecule has 0 unspecified atom stereocenters. The highest BCUT2D eigenvalue weighted by Gasteiger charge is 2.03. The number of carbonyl (C=O) groups excluding carboxylic acids is 1. The Morgan fingerprint density at radius 2 is 1.52 bits per heavy atom. The predicted octanol–water partition coefficient (Wildman–Crippen LogP) is 2.74. The fraction of sp³-hybridized carbons (Fsp3) is 0.235. The lowest BCUT2D eigenvalue weighted by atomic mass is 10.0. The minimum Gasteiger partial charge on any atom is -0.491 e. The molecule has 4 nitrogen and oxygen atoms in total. The van der Waals surface area contributed by atoms with Crippen molar-refractivity contribution in [2.75, 3.05) is 27.4 Å². The van der Waals surface area contributed by atoms with Gasteiger partial charge in [0.2, 0.25) is 0 Å². The first-order valence-electron chi connectivity index (χ1n) is 6.79. The lowest BCUT2D eigenvalue weighted by molar-refractivity contribution is 0.0963. The Balaban J connectivity index is 2.06. The molecule has 0 aliphatic carbocycles. The van der Waals surface area contributed by atoms with Crippen molar-refractivity contribution in [3.05, 3.63) is 54.1 Å². The van der Waals surface area contributed by atoms with Gasteiger partial charge in [-0.2, -0.15) is 0 Å². The van der Waals surface area contributed by atoms with Crippen LogP contribution in [0.4, 0.5) is 0 Å². The van der Waals surface area contributed by atoms with Gasteiger partial charge in [0.25, 0.3) is 5.91 Å². The van der Waals surface area contributed by atoms with E-state index in [0.29, 0.717) is 18.8 Å². The average molecular weight is 285 g/mol. The number of hydrogen-bond acceptors (Lipinski definition) is 3. The van der Waals surface area contributed by atoms with Crippen LogP contribution in [0.3, 0.4) is 0 Å². The van der Waals surface area contributed by atoms with Gasteiger partial charge in [-0.25, -0.2) is 0 Å². The molecule has 0 saturated carbocycles. The topological polar surface area (TPSA) is 47.6 Å². The lowest BCUT2D eigenvalue weighted by Gasteiger charge is -2.07. The second-order valence-corrected chi connectivity index (χ2v) is 4.52. The molecule has 0 aromatic heterocycles. The summed E-state index contributed by atoms with van der Waals surface area (Å²) in [5, 5.41) is 2.61. The van der Waals surface area contributed by atoms with E-state index in [2.05, 4.69) is 5.32 Å². The smallest absolute Gasteiger partial charge is 0.251 e. The molecular weight excluding hydrogens is 266 g/mol. The summed E-state index contributed by atoms with van der Waals surface area (Å²) in [4.78, 5) is 11.5. The fourth-order valence-corrected chi connectivity index (χ4v) is 1.94. The average Bonchev–Trinajstić information content (AvgIpc) is 2.55. The van der Waals surface area contributed by atoms with Crippen LogP contribution in [0.2, 0.25) is 0 Å². The summed E-state index contributed by atoms with van der Waals surface area (Å²) in [6, 6.07) is 15.4. The van der Waals surface area contributed by atoms with E-state index in [1.54, 1.807) is 14.2 Å². The maximum absolute atomic E-state index is 11.5. The Kier molecular flexibility index (Phi) is 5.35. The van der Waals surface area contributed by atoms with Gasteiger partial charge in [0, 0.05) is 19.7 Å². The molecule has 0 fully saturated rings. The van der Waals surface area contributed by atoms with Gasteiger partial charge in [0.1, 0.15) is 12.4 Å². The van der Waals surface area contributed by atoms with Crippen molar-refractivity contribution in [2.45, 2.75) is 0 Å². The molecule has 2 aromatic rings. The molecule has 0 atom stereocenters. The Morgan fingerprint density at radius 3 is 2.05 bits per heavy atom. The maximum Gasteiger partial charge on any atom is 0.251 e. The highest BCUT2D eigenvalue weighted by atomic mass is 16.5. The summed E-state index contributed by atoms with van der Waals surface area (Å²) in [5.41, 5.74) is 2.80. The minimum atomic E-state index is -0.0801. The van der Waals surface area contributed by atoms with Crippen molar-refractivity contribution in [3.8, 4) is 16.9 Å². The van der Waals surface area contributed by atoms with Crippen molar-refractivity contribution < 1.29 is 14.3 Å². The summed E-state index contributed by atoms with van der Waals surface area (Å²) in [5.74, 6) is 0.737. The maximum atomic E-state index is 11.5. The number of hydrogen-bond donors (Lipinski definition) is 1. The first-order valence-corrected chi connectivity index (χ1v) is 6.79. The Morgan fingerprint density at radius 1 is 0.952 bits per heavy atom. The van der Waals surface area contributed by atoms with E-state index in [1.165, 1.54) is 0 Å². The number of rotatable bonds is 6. The first-order chi connectivity index (χ1) is 10.2. The molecule has 0 aliphatic rings. The van der Waals surface area contributed by atoms with Crippen LogP contribution in [-0.4, -0.2) is 33.3 Å². The van der Waals surface area contributed by atoms with Crippen LogP contribution in [0, 0.1) is 0 Å². The van der Waals surface area contributed by atoms with Crippen LogP contribution in [0.15, 0.2) is 48.5 Å². The van der Waals surface area contributed by atoms with Gasteiger partial charge in [-0.1, -0.05) is 24.3 Å². The lowest BCUT2D eigenvalue weighted by Crippen LogP contribution is -2.17. The molecule has 0 radical (unpaired) electrons. The minimum absolute atomic E-state index is 0.0801. The molecule has 0 bridgehead atoms. The van der Waals surface area contributed by atoms with Crippen LogP contribution in [-0.2, 0) is 4.74 Å². The van der Waals surface area contributed by atoms with E-state index < -0.39 is 0 Å². The molecule has 0 saturated heterocycles. The number of benzene rings is 2. The van der Waals surface area contributed by atoms with E-state index in [1.807, 2.05) is 48.5 Å². The van der Waals surface area contributed by atoms with Crippen LogP contribution in [0.5, 0.6) is 5.75 Å². The zero-order chi connectivity index (χ0) is 15.1. The highest BCUT2D eigenvalue weighted by molar-refractivity contribution is 5.94. The van der Waals surface area contributed by atoms with Gasteiger partial charge in [-0.05, 0) is 35.4 Å². The molecular formula is C17H19NO3. The van der Waals surface area contributed by atoms with E-state index >= 15 is 0 Å². The van der Waals surface area contributed by atoms with Gasteiger partial charge in [0.05, 0.1) is 6.61 Å². The molecule has 2 rings (SSSR count). The Bertz CT molecular complexity index is 576. The van der Waals surface area contributed by atoms with E-state index in [4.69, 9.17) is 9.47 Å². The van der Waals surface area contributed by atoms with Crippen molar-refractivity contribution in [1.82, 2.24) is 5.32 Å². The van der Waals surface area contributed by atoms with E-state index in [9.17, 15) is 4.79 Å². The van der Waals surface area contributed by atoms with Crippen molar-refractivity contribution in [1.29, 1.82) is 0 Å². The SMILES string of the molecule is CNC(=O)c1ccc(-c2ccc(OCCOC)cc2)cc1. The third-order valence-electron chi connectivity index (χ3n) is 3.12. The monoisotopic (exact) mass is 285 g/mol. The summed E-state index contributed by atoms with van der Waals surface area (Å²) in [6.45, 7) is 1.11. The van der Waals surface area contributed by atoms with Gasteiger partial charge in [-0.15, -0.1) is 0 Å². The highest BCUT2D eigenvalue weighted by Crippen LogP contribution is 2.22. The van der Waals surface area contributed by atoms with E-state index in [0.717, 1.165) is 16.9 Å². The molecule has 4 heteroatoms. The number of carbonyl (C=O) groups is 1. The summed E-state index contributed by atoms with van der Waals surface area (Å²) in [6.07, 6.45) is 0. The zero-order valence-electron chi connectivity index (χ0n) is 12.3. The number of amides is 1. The zero-order valence-corrected chi connectivity index (χ0v) is 12.3. The van der Waals surface area contributed by atoms with Crippen LogP contribution in [0.1, 0.15) is 10.4 Å². The molecule has 0 aliphatic heterocycles. The van der Waals surface area contributed by atoms with Crippen LogP contribution in [0.25, 0.3) is 11.1 Å². The van der Waals surface area contributed by atoms with Crippen molar-refractivity contribution in [2.24, 2.45) is 0 Å². The Hall–Kier alpha value is -2.33. The largest absolute Gasteiger partial charge is 0.491 e. The molecule has 1 amide bonds. The predicted molar refractivity (Wildman–Crippen MR) is 82.6 cm³/mol. The third-order valence-corrected chi connectivity index (χ3v) is 3.12. The quantitative estimate of drug-likeness (QED) is 0.830. The number of nitrogens with one attached hydrogen (secondary N) is 1. The number of methoxy groups -OCH3 is 1. The second-order valence-electron chi connectivity index (χ2n) is 4.52. The standard InChI is InChI=1S/C17H19NO3/c1-18-17(19)15-5-3-13(4-6-15)14-7-9-16(10-8-14)21-12-11-20-2/h3-10H,11-12H2,1-2H3,(H,18,19). The second kappa shape index (κ2) is 7.45. The van der Waals surface area contributed by atoms with Gasteiger partial charge in [0.15, 0.2) is 0 Å². The van der Waals surface area contributed by atoms with Gasteiger partial charge in [-0.3, -0.25) is 4.79 Å². The fourth-order valence-electron chi connectivity index (χ4n) is 1.94. The van der Waals surface area contributed by atoms with Gasteiger partial charge < -0.3 is 14.8 Å². The first kappa shape index (κ1) is 15.1. The molecule has 1 N–H and O–H groups in total. The summed E-state index contributed by atoms with van der Waals surface area (Å²) in [7, 11) is 3.27. The van der Waals surface area contributed by atoms with Gasteiger partial charge >= 0.3 is 0 Å². The molecule has 110 valence electrons. The summed E-state index contributed by atoms with van der Waals surface area (Å²) >= 11 is 0. The molecule has 21 heavy (non-hydrogen) atoms. The molecule has 2 aromatic carbocycles. The normalized spacial score (nSPS) is 10.2. The number of ether oxygens (including phenoxy) is 2. The Labute approximate surface area is 124 Å². The van der Waals surface area contributed by atoms with Crippen molar-refractivity contribution >= 4 is 5.91 Å². The van der Waals surface area contributed by atoms with Crippen LogP contribution >= 0.6 is 0 Å². The van der Waals surface area contributed by atoms with Crippen molar-refractivity contribution in [3.63, 3.8) is 0 Å². The van der Waals surface area contributed by atoms with E-state index in [-0.39, 0.29) is 5.91 Å². The molecule has 0 heterocycles. The van der Waals surface area contributed by atoms with Crippen LogP contribution < -0.4 is 10.1 Å². The summed E-state index contributed by atoms with van der Waals surface area (Å²) < 4.78 is 10.5. The molecule has 0 spiro atoms.